The van der Waals surface area contributed by atoms with E-state index >= 15 is 0 Å². The Bertz CT molecular complexity index is 633. The van der Waals surface area contributed by atoms with Crippen LogP contribution in [0.1, 0.15) is 21.5 Å². The zero-order valence-corrected chi connectivity index (χ0v) is 12.0. The van der Waals surface area contributed by atoms with Gasteiger partial charge in [-0.2, -0.15) is 0 Å². The smallest absolute Gasteiger partial charge is 0.167 e. The van der Waals surface area contributed by atoms with Crippen LogP contribution in [0.4, 0.5) is 4.39 Å². The van der Waals surface area contributed by atoms with Crippen LogP contribution in [0.25, 0.3) is 0 Å². The SMILES string of the molecule is COc1ccc(Cl)cc1CC(=O)c1cc(C)cc(F)c1. The topological polar surface area (TPSA) is 26.3 Å². The van der Waals surface area contributed by atoms with Crippen LogP contribution >= 0.6 is 11.6 Å². The lowest BCUT2D eigenvalue weighted by Gasteiger charge is -2.09. The molecule has 104 valence electrons. The fraction of sp³-hybridized carbons (Fsp3) is 0.188. The largest absolute Gasteiger partial charge is 0.496 e. The number of aryl methyl sites for hydroxylation is 1. The molecular weight excluding hydrogens is 279 g/mol. The van der Waals surface area contributed by atoms with E-state index in [1.54, 1.807) is 31.2 Å². The summed E-state index contributed by atoms with van der Waals surface area (Å²) in [4.78, 5) is 12.2. The second kappa shape index (κ2) is 6.06. The van der Waals surface area contributed by atoms with E-state index in [1.807, 2.05) is 0 Å². The summed E-state index contributed by atoms with van der Waals surface area (Å²) in [5, 5.41) is 0.532. The number of carbonyl (C=O) groups excluding carboxylic acids is 1. The number of ether oxygens (including phenoxy) is 1. The zero-order chi connectivity index (χ0) is 14.7. The molecule has 0 amide bonds. The van der Waals surface area contributed by atoms with Crippen molar-refractivity contribution in [2.24, 2.45) is 0 Å². The van der Waals surface area contributed by atoms with Crippen LogP contribution in [-0.4, -0.2) is 12.9 Å². The molecule has 0 saturated heterocycles. The van der Waals surface area contributed by atoms with Crippen molar-refractivity contribution in [3.8, 4) is 5.75 Å². The van der Waals surface area contributed by atoms with Gasteiger partial charge in [-0.05, 0) is 48.9 Å². The Balaban J connectivity index is 2.29. The summed E-state index contributed by atoms with van der Waals surface area (Å²) in [5.74, 6) is 0.00968. The van der Waals surface area contributed by atoms with Crippen LogP contribution < -0.4 is 4.74 Å². The number of carbonyl (C=O) groups is 1. The van der Waals surface area contributed by atoms with Crippen molar-refractivity contribution >= 4 is 17.4 Å². The third-order valence-electron chi connectivity index (χ3n) is 2.96. The van der Waals surface area contributed by atoms with E-state index in [1.165, 1.54) is 19.2 Å². The lowest BCUT2D eigenvalue weighted by atomic mass is 10.0. The van der Waals surface area contributed by atoms with Crippen LogP contribution in [0.5, 0.6) is 5.75 Å². The third-order valence-corrected chi connectivity index (χ3v) is 3.19. The van der Waals surface area contributed by atoms with Crippen LogP contribution in [0, 0.1) is 12.7 Å². The number of halogens is 2. The molecule has 0 bridgehead atoms. The molecule has 20 heavy (non-hydrogen) atoms. The summed E-state index contributed by atoms with van der Waals surface area (Å²) in [6.45, 7) is 1.75. The van der Waals surface area contributed by atoms with Crippen molar-refractivity contribution in [2.45, 2.75) is 13.3 Å². The predicted octanol–water partition coefficient (Wildman–Crippen LogP) is 4.22. The number of hydrogen-bond acceptors (Lipinski definition) is 2. The first kappa shape index (κ1) is 14.5. The molecule has 4 heteroatoms. The number of hydrogen-bond donors (Lipinski definition) is 0. The quantitative estimate of drug-likeness (QED) is 0.789. The summed E-state index contributed by atoms with van der Waals surface area (Å²) in [7, 11) is 1.53. The van der Waals surface area contributed by atoms with E-state index in [0.29, 0.717) is 27.5 Å². The predicted molar refractivity (Wildman–Crippen MR) is 77.2 cm³/mol. The molecule has 0 N–H and O–H groups in total. The molecule has 2 rings (SSSR count). The van der Waals surface area contributed by atoms with Gasteiger partial charge in [0.1, 0.15) is 11.6 Å². The molecule has 0 aliphatic heterocycles. The maximum Gasteiger partial charge on any atom is 0.167 e. The van der Waals surface area contributed by atoms with Gasteiger partial charge in [-0.15, -0.1) is 0 Å². The highest BCUT2D eigenvalue weighted by atomic mass is 35.5. The minimum Gasteiger partial charge on any atom is -0.496 e. The molecule has 0 aromatic heterocycles. The van der Waals surface area contributed by atoms with Crippen molar-refractivity contribution < 1.29 is 13.9 Å². The summed E-state index contributed by atoms with van der Waals surface area (Å²) in [6, 6.07) is 9.39. The van der Waals surface area contributed by atoms with E-state index in [0.717, 1.165) is 0 Å². The molecule has 0 unspecified atom stereocenters. The highest BCUT2D eigenvalue weighted by Gasteiger charge is 2.13. The first-order valence-electron chi connectivity index (χ1n) is 6.12. The Morgan fingerprint density at radius 1 is 1.25 bits per heavy atom. The van der Waals surface area contributed by atoms with Crippen LogP contribution in [-0.2, 0) is 6.42 Å². The van der Waals surface area contributed by atoms with Gasteiger partial charge in [0.15, 0.2) is 5.78 Å². The molecule has 0 spiro atoms. The van der Waals surface area contributed by atoms with Crippen LogP contribution in [0.3, 0.4) is 0 Å². The van der Waals surface area contributed by atoms with E-state index < -0.39 is 5.82 Å². The molecule has 2 nitrogen and oxygen atoms in total. The lowest BCUT2D eigenvalue weighted by Crippen LogP contribution is -2.06. The van der Waals surface area contributed by atoms with Crippen LogP contribution in [0.2, 0.25) is 5.02 Å². The number of methoxy groups -OCH3 is 1. The van der Waals surface area contributed by atoms with E-state index in [9.17, 15) is 9.18 Å². The summed E-state index contributed by atoms with van der Waals surface area (Å²) < 4.78 is 18.5. The van der Waals surface area contributed by atoms with Gasteiger partial charge in [0.25, 0.3) is 0 Å². The second-order valence-electron chi connectivity index (χ2n) is 4.57. The highest BCUT2D eigenvalue weighted by molar-refractivity contribution is 6.30. The molecule has 2 aromatic rings. The van der Waals surface area contributed by atoms with Gasteiger partial charge in [0, 0.05) is 22.6 Å². The van der Waals surface area contributed by atoms with Gasteiger partial charge in [-0.25, -0.2) is 4.39 Å². The maximum absolute atomic E-state index is 13.3. The molecule has 0 radical (unpaired) electrons. The Morgan fingerprint density at radius 3 is 2.65 bits per heavy atom. The Hall–Kier alpha value is -1.87. The lowest BCUT2D eigenvalue weighted by molar-refractivity contribution is 0.0991. The summed E-state index contributed by atoms with van der Waals surface area (Å²) >= 11 is 5.93. The fourth-order valence-electron chi connectivity index (χ4n) is 2.06. The van der Waals surface area contributed by atoms with E-state index in [4.69, 9.17) is 16.3 Å². The molecule has 0 heterocycles. The molecule has 0 fully saturated rings. The molecular formula is C16H14ClFO2. The van der Waals surface area contributed by atoms with Gasteiger partial charge < -0.3 is 4.74 Å². The van der Waals surface area contributed by atoms with Crippen molar-refractivity contribution in [1.29, 1.82) is 0 Å². The first-order chi connectivity index (χ1) is 9.49. The van der Waals surface area contributed by atoms with Gasteiger partial charge >= 0.3 is 0 Å². The number of benzene rings is 2. The first-order valence-corrected chi connectivity index (χ1v) is 6.50. The monoisotopic (exact) mass is 292 g/mol. The Labute approximate surface area is 122 Å². The molecule has 0 atom stereocenters. The fourth-order valence-corrected chi connectivity index (χ4v) is 2.25. The van der Waals surface area contributed by atoms with Crippen LogP contribution in [0.15, 0.2) is 36.4 Å². The van der Waals surface area contributed by atoms with Crippen molar-refractivity contribution in [3.05, 3.63) is 63.9 Å². The second-order valence-corrected chi connectivity index (χ2v) is 5.01. The maximum atomic E-state index is 13.3. The number of rotatable bonds is 4. The summed E-state index contributed by atoms with van der Waals surface area (Å²) in [5.41, 5.74) is 1.75. The van der Waals surface area contributed by atoms with Gasteiger partial charge in [0.05, 0.1) is 7.11 Å². The molecule has 0 aliphatic carbocycles. The third kappa shape index (κ3) is 3.36. The summed E-state index contributed by atoms with van der Waals surface area (Å²) in [6.07, 6.45) is 0.118. The number of ketones is 1. The normalized spacial score (nSPS) is 10.4. The van der Waals surface area contributed by atoms with Crippen molar-refractivity contribution in [2.75, 3.05) is 7.11 Å². The average Bonchev–Trinajstić information content (AvgIpc) is 2.37. The highest BCUT2D eigenvalue weighted by Crippen LogP contribution is 2.24. The van der Waals surface area contributed by atoms with Gasteiger partial charge in [-0.1, -0.05) is 11.6 Å². The van der Waals surface area contributed by atoms with Gasteiger partial charge in [0.2, 0.25) is 0 Å². The Kier molecular flexibility index (Phi) is 4.40. The van der Waals surface area contributed by atoms with Crippen molar-refractivity contribution in [1.82, 2.24) is 0 Å². The van der Waals surface area contributed by atoms with Crippen molar-refractivity contribution in [3.63, 3.8) is 0 Å². The molecule has 0 aliphatic rings. The van der Waals surface area contributed by atoms with E-state index in [-0.39, 0.29) is 12.2 Å². The standard InChI is InChI=1S/C16H14ClFO2/c1-10-5-11(8-14(18)6-10)15(19)9-12-7-13(17)3-4-16(12)20-2/h3-8H,9H2,1-2H3. The molecule has 0 saturated carbocycles. The minimum atomic E-state index is -0.411. The number of Topliss-reactive ketones (excluding diaryl/α,β-unsaturated/α-hetero) is 1. The Morgan fingerprint density at radius 2 is 2.00 bits per heavy atom. The van der Waals surface area contributed by atoms with Gasteiger partial charge in [-0.3, -0.25) is 4.79 Å². The molecule has 2 aromatic carbocycles. The van der Waals surface area contributed by atoms with E-state index in [2.05, 4.69) is 0 Å². The average molecular weight is 293 g/mol. The zero-order valence-electron chi connectivity index (χ0n) is 11.2. The minimum absolute atomic E-state index is 0.118.